The maximum Gasteiger partial charge on any atom is 0.329 e. The Bertz CT molecular complexity index is 1150. The van der Waals surface area contributed by atoms with Crippen molar-refractivity contribution in [2.45, 2.75) is 50.0 Å². The van der Waals surface area contributed by atoms with Gasteiger partial charge < -0.3 is 19.8 Å². The molecule has 2 heterocycles. The maximum atomic E-state index is 13.0. The van der Waals surface area contributed by atoms with Crippen molar-refractivity contribution in [3.05, 3.63) is 69.7 Å². The zero-order valence-electron chi connectivity index (χ0n) is 21.7. The van der Waals surface area contributed by atoms with E-state index < -0.39 is 11.5 Å². The predicted molar refractivity (Wildman–Crippen MR) is 149 cm³/mol. The van der Waals surface area contributed by atoms with Crippen molar-refractivity contribution in [2.75, 3.05) is 39.8 Å². The zero-order chi connectivity index (χ0) is 27.3. The number of halogens is 2. The Hall–Kier alpha value is -2.61. The number of aliphatic carboxylic acids is 1. The molecule has 7 nitrogen and oxygen atoms in total. The lowest BCUT2D eigenvalue weighted by atomic mass is 9.83. The summed E-state index contributed by atoms with van der Waals surface area (Å²) in [6.07, 6.45) is 3.70. The molecule has 204 valence electrons. The number of likely N-dealkylation sites (tertiary alicyclic amines) is 2. The summed E-state index contributed by atoms with van der Waals surface area (Å²) in [5.41, 5.74) is 0.526. The molecule has 2 aliphatic heterocycles. The van der Waals surface area contributed by atoms with Gasteiger partial charge in [0, 0.05) is 51.1 Å². The number of carboxylic acid groups (broad SMARTS) is 1. The molecule has 4 rings (SSSR count). The molecule has 1 atom stereocenters. The number of likely N-dealkylation sites (N-methyl/N-ethyl adjacent to an activating group) is 1. The van der Waals surface area contributed by atoms with Gasteiger partial charge in [0.1, 0.15) is 5.54 Å². The van der Waals surface area contributed by atoms with Crippen LogP contribution in [0.25, 0.3) is 0 Å². The van der Waals surface area contributed by atoms with E-state index in [0.29, 0.717) is 61.1 Å². The summed E-state index contributed by atoms with van der Waals surface area (Å²) >= 11 is 12.5. The lowest BCUT2D eigenvalue weighted by Gasteiger charge is -2.47. The summed E-state index contributed by atoms with van der Waals surface area (Å²) in [6.45, 7) is 2.96. The number of carbonyl (C=O) groups is 3. The number of carboxylic acids is 1. The van der Waals surface area contributed by atoms with Gasteiger partial charge in [-0.1, -0.05) is 47.5 Å². The Labute approximate surface area is 234 Å². The van der Waals surface area contributed by atoms with E-state index in [1.807, 2.05) is 42.5 Å². The second-order valence-corrected chi connectivity index (χ2v) is 11.2. The van der Waals surface area contributed by atoms with Crippen LogP contribution in [0.5, 0.6) is 0 Å². The van der Waals surface area contributed by atoms with Crippen LogP contribution in [-0.4, -0.2) is 82.9 Å². The van der Waals surface area contributed by atoms with E-state index in [1.54, 1.807) is 22.9 Å². The van der Waals surface area contributed by atoms with Crippen LogP contribution >= 0.6 is 23.2 Å². The first kappa shape index (κ1) is 28.4. The minimum Gasteiger partial charge on any atom is -0.479 e. The van der Waals surface area contributed by atoms with Crippen LogP contribution in [-0.2, 0) is 9.59 Å². The molecule has 0 spiro atoms. The Morgan fingerprint density at radius 2 is 1.74 bits per heavy atom. The van der Waals surface area contributed by atoms with E-state index in [0.717, 1.165) is 31.4 Å². The average Bonchev–Trinajstić information content (AvgIpc) is 2.93. The summed E-state index contributed by atoms with van der Waals surface area (Å²) in [5, 5.41) is 11.1. The van der Waals surface area contributed by atoms with Crippen LogP contribution in [0.3, 0.4) is 0 Å². The highest BCUT2D eigenvalue weighted by Gasteiger charge is 2.48. The molecule has 2 aliphatic rings. The average molecular weight is 561 g/mol. The van der Waals surface area contributed by atoms with Crippen LogP contribution in [0.4, 0.5) is 0 Å². The SMILES string of the molecule is CN(CC(CCN1CCC(C(=O)O)(N2CCCCC2=O)CC1)c1ccc(Cl)c(Cl)c1)C(=O)c1ccccc1. The van der Waals surface area contributed by atoms with Crippen molar-refractivity contribution in [3.63, 3.8) is 0 Å². The standard InChI is InChI=1S/C29H35Cl2N3O4/c1-32(27(36)21-7-3-2-4-8-21)20-23(22-10-11-24(30)25(31)19-22)12-16-33-17-13-29(14-18-33,28(37)38)34-15-6-5-9-26(34)35/h2-4,7-8,10-11,19,23H,5-6,9,12-18,20H2,1H3,(H,37,38). The maximum absolute atomic E-state index is 13.0. The second-order valence-electron chi connectivity index (χ2n) is 10.4. The number of piperidine rings is 2. The molecule has 2 aromatic rings. The van der Waals surface area contributed by atoms with E-state index >= 15 is 0 Å². The largest absolute Gasteiger partial charge is 0.479 e. The third-order valence-corrected chi connectivity index (χ3v) is 8.73. The molecule has 2 amide bonds. The Morgan fingerprint density at radius 3 is 2.37 bits per heavy atom. The summed E-state index contributed by atoms with van der Waals surface area (Å²) in [4.78, 5) is 43.6. The van der Waals surface area contributed by atoms with E-state index in [9.17, 15) is 19.5 Å². The fourth-order valence-electron chi connectivity index (χ4n) is 5.69. The number of benzene rings is 2. The number of amides is 2. The topological polar surface area (TPSA) is 81.2 Å². The van der Waals surface area contributed by atoms with E-state index in [4.69, 9.17) is 23.2 Å². The first-order valence-electron chi connectivity index (χ1n) is 13.2. The van der Waals surface area contributed by atoms with Crippen LogP contribution in [0.15, 0.2) is 48.5 Å². The highest BCUT2D eigenvalue weighted by Crippen LogP contribution is 2.34. The van der Waals surface area contributed by atoms with Gasteiger partial charge in [0.2, 0.25) is 5.91 Å². The smallest absolute Gasteiger partial charge is 0.329 e. The number of nitrogens with zero attached hydrogens (tertiary/aromatic N) is 3. The first-order chi connectivity index (χ1) is 18.2. The summed E-state index contributed by atoms with van der Waals surface area (Å²) in [7, 11) is 1.80. The molecule has 2 saturated heterocycles. The minimum atomic E-state index is -1.11. The molecule has 38 heavy (non-hydrogen) atoms. The third kappa shape index (κ3) is 6.33. The van der Waals surface area contributed by atoms with Gasteiger partial charge in [-0.05, 0) is 68.5 Å². The molecule has 9 heteroatoms. The molecule has 2 fully saturated rings. The molecule has 0 radical (unpaired) electrons. The van der Waals surface area contributed by atoms with Crippen LogP contribution in [0.1, 0.15) is 60.4 Å². The first-order valence-corrected chi connectivity index (χ1v) is 14.0. The summed E-state index contributed by atoms with van der Waals surface area (Å²) in [6, 6.07) is 14.8. The lowest BCUT2D eigenvalue weighted by Crippen LogP contribution is -2.62. The van der Waals surface area contributed by atoms with E-state index in [2.05, 4.69) is 4.90 Å². The van der Waals surface area contributed by atoms with Crippen LogP contribution in [0.2, 0.25) is 10.0 Å². The highest BCUT2D eigenvalue weighted by atomic mass is 35.5. The van der Waals surface area contributed by atoms with Gasteiger partial charge in [-0.2, -0.15) is 0 Å². The number of hydrogen-bond donors (Lipinski definition) is 1. The highest BCUT2D eigenvalue weighted by molar-refractivity contribution is 6.42. The van der Waals surface area contributed by atoms with Crippen molar-refractivity contribution in [2.24, 2.45) is 0 Å². The zero-order valence-corrected chi connectivity index (χ0v) is 23.3. The number of carbonyl (C=O) groups excluding carboxylic acids is 2. The Balaban J connectivity index is 1.44. The van der Waals surface area contributed by atoms with Gasteiger partial charge in [0.25, 0.3) is 5.91 Å². The van der Waals surface area contributed by atoms with Crippen LogP contribution in [0, 0.1) is 0 Å². The fourth-order valence-corrected chi connectivity index (χ4v) is 5.99. The monoisotopic (exact) mass is 559 g/mol. The summed E-state index contributed by atoms with van der Waals surface area (Å²) in [5.74, 6) is -0.983. The van der Waals surface area contributed by atoms with Gasteiger partial charge in [0.05, 0.1) is 10.0 Å². The van der Waals surface area contributed by atoms with Crippen molar-refractivity contribution < 1.29 is 19.5 Å². The van der Waals surface area contributed by atoms with Gasteiger partial charge in [-0.15, -0.1) is 0 Å². The summed E-state index contributed by atoms with van der Waals surface area (Å²) < 4.78 is 0. The molecule has 0 saturated carbocycles. The normalized spacial score (nSPS) is 18.7. The molecule has 1 N–H and O–H groups in total. The van der Waals surface area contributed by atoms with Gasteiger partial charge >= 0.3 is 5.97 Å². The number of rotatable bonds is 9. The third-order valence-electron chi connectivity index (χ3n) is 7.99. The van der Waals surface area contributed by atoms with Crippen molar-refractivity contribution in [1.29, 1.82) is 0 Å². The molecule has 1 unspecified atom stereocenters. The molecule has 0 aromatic heterocycles. The van der Waals surface area contributed by atoms with Crippen molar-refractivity contribution in [1.82, 2.24) is 14.7 Å². The lowest BCUT2D eigenvalue weighted by molar-refractivity contribution is -0.165. The Morgan fingerprint density at radius 1 is 1.03 bits per heavy atom. The van der Waals surface area contributed by atoms with E-state index in [-0.39, 0.29) is 17.7 Å². The van der Waals surface area contributed by atoms with Crippen molar-refractivity contribution in [3.8, 4) is 0 Å². The number of hydrogen-bond acceptors (Lipinski definition) is 4. The van der Waals surface area contributed by atoms with E-state index in [1.165, 1.54) is 0 Å². The van der Waals surface area contributed by atoms with Crippen molar-refractivity contribution >= 4 is 41.0 Å². The molecular weight excluding hydrogens is 525 g/mol. The molecule has 2 aromatic carbocycles. The second kappa shape index (κ2) is 12.5. The van der Waals surface area contributed by atoms with Gasteiger partial charge in [-0.25, -0.2) is 4.79 Å². The molecule has 0 aliphatic carbocycles. The predicted octanol–water partition coefficient (Wildman–Crippen LogP) is 5.17. The molecular formula is C29H35Cl2N3O4. The van der Waals surface area contributed by atoms with Crippen LogP contribution < -0.4 is 0 Å². The van der Waals surface area contributed by atoms with Gasteiger partial charge in [0.15, 0.2) is 0 Å². The fraction of sp³-hybridized carbons (Fsp3) is 0.483. The van der Waals surface area contributed by atoms with Gasteiger partial charge in [-0.3, -0.25) is 9.59 Å². The Kier molecular flexibility index (Phi) is 9.34. The molecule has 0 bridgehead atoms. The quantitative estimate of drug-likeness (QED) is 0.458. The minimum absolute atomic E-state index is 0.0114.